The molecule has 1 aliphatic rings. The highest BCUT2D eigenvalue weighted by Crippen LogP contribution is 2.35. The predicted octanol–water partition coefficient (Wildman–Crippen LogP) is 7.06. The van der Waals surface area contributed by atoms with Gasteiger partial charge in [-0.05, 0) is 25.0 Å². The lowest BCUT2D eigenvalue weighted by molar-refractivity contribution is -0.128. The number of hydrogen-bond donors (Lipinski definition) is 0. The Morgan fingerprint density at radius 2 is 1.65 bits per heavy atom. The van der Waals surface area contributed by atoms with Crippen LogP contribution < -0.4 is 0 Å². The zero-order valence-corrected chi connectivity index (χ0v) is 21.6. The molecule has 2 heterocycles. The first kappa shape index (κ1) is 28.3. The van der Waals surface area contributed by atoms with Crippen molar-refractivity contribution in [3.05, 3.63) is 30.1 Å². The van der Waals surface area contributed by atoms with Gasteiger partial charge in [-0.3, -0.25) is 9.78 Å². The molecule has 0 saturated carbocycles. The fourth-order valence-electron chi connectivity index (χ4n) is 4.62. The molecular formula is C28H46N2O4. The highest BCUT2D eigenvalue weighted by molar-refractivity contribution is 5.90. The molecule has 0 N–H and O–H groups in total. The number of hydrogen-bond acceptors (Lipinski definition) is 5. The Bertz CT molecular complexity index is 689. The van der Waals surface area contributed by atoms with Gasteiger partial charge in [0.25, 0.3) is 0 Å². The summed E-state index contributed by atoms with van der Waals surface area (Å²) in [4.78, 5) is 30.0. The number of imide groups is 1. The van der Waals surface area contributed by atoms with Crippen LogP contribution in [-0.4, -0.2) is 41.7 Å². The molecule has 1 fully saturated rings. The predicted molar refractivity (Wildman–Crippen MR) is 135 cm³/mol. The Labute approximate surface area is 206 Å². The van der Waals surface area contributed by atoms with Crippen LogP contribution in [0.2, 0.25) is 0 Å². The molecule has 0 aliphatic carbocycles. The summed E-state index contributed by atoms with van der Waals surface area (Å²) in [6.45, 7) is 5.40. The minimum atomic E-state index is -0.598. The molecule has 192 valence electrons. The topological polar surface area (TPSA) is 68.7 Å². The van der Waals surface area contributed by atoms with Crippen LogP contribution in [0.25, 0.3) is 0 Å². The quantitative estimate of drug-likeness (QED) is 0.226. The third-order valence-electron chi connectivity index (χ3n) is 6.89. The van der Waals surface area contributed by atoms with Crippen LogP contribution in [0.4, 0.5) is 4.79 Å². The minimum absolute atomic E-state index is 0.122. The van der Waals surface area contributed by atoms with Crippen LogP contribution in [0.15, 0.2) is 24.4 Å². The Morgan fingerprint density at radius 1 is 1.00 bits per heavy atom. The second-order valence-corrected chi connectivity index (χ2v) is 9.92. The summed E-state index contributed by atoms with van der Waals surface area (Å²) in [6.07, 6.45) is 18.9. The van der Waals surface area contributed by atoms with Gasteiger partial charge in [0.2, 0.25) is 5.91 Å². The molecule has 0 radical (unpaired) electrons. The van der Waals surface area contributed by atoms with Crippen molar-refractivity contribution >= 4 is 12.0 Å². The van der Waals surface area contributed by atoms with E-state index in [1.165, 1.54) is 77.6 Å². The van der Waals surface area contributed by atoms with E-state index in [1.54, 1.807) is 18.3 Å². The molecule has 1 aromatic heterocycles. The van der Waals surface area contributed by atoms with Crippen molar-refractivity contribution < 1.29 is 19.1 Å². The van der Waals surface area contributed by atoms with Gasteiger partial charge in [-0.2, -0.15) is 0 Å². The number of aromatic nitrogens is 1. The summed E-state index contributed by atoms with van der Waals surface area (Å²) in [6, 6.07) is 5.44. The summed E-state index contributed by atoms with van der Waals surface area (Å²) >= 11 is 0. The normalized spacial score (nSPS) is 17.6. The monoisotopic (exact) mass is 474 g/mol. The van der Waals surface area contributed by atoms with E-state index in [0.717, 1.165) is 24.2 Å². The smallest absolute Gasteiger partial charge is 0.416 e. The van der Waals surface area contributed by atoms with Gasteiger partial charge in [0.15, 0.2) is 0 Å². The number of unbranched alkanes of at least 4 members (excludes halogenated alkanes) is 11. The zero-order chi connectivity index (χ0) is 24.5. The van der Waals surface area contributed by atoms with Crippen molar-refractivity contribution in [2.75, 3.05) is 19.8 Å². The molecule has 1 aromatic rings. The van der Waals surface area contributed by atoms with Gasteiger partial charge in [-0.25, -0.2) is 9.69 Å². The maximum Gasteiger partial charge on any atom is 0.416 e. The third-order valence-corrected chi connectivity index (χ3v) is 6.89. The van der Waals surface area contributed by atoms with Crippen LogP contribution in [0.1, 0.15) is 109 Å². The van der Waals surface area contributed by atoms with Crippen molar-refractivity contribution in [1.29, 1.82) is 0 Å². The number of ether oxygens (including phenoxy) is 2. The van der Waals surface area contributed by atoms with E-state index in [1.807, 2.05) is 6.07 Å². The zero-order valence-electron chi connectivity index (χ0n) is 21.6. The van der Waals surface area contributed by atoms with E-state index in [4.69, 9.17) is 9.47 Å². The molecule has 34 heavy (non-hydrogen) atoms. The van der Waals surface area contributed by atoms with Gasteiger partial charge in [0, 0.05) is 25.1 Å². The fourth-order valence-corrected chi connectivity index (χ4v) is 4.62. The fraction of sp³-hybridized carbons (Fsp3) is 0.750. The van der Waals surface area contributed by atoms with E-state index < -0.39 is 6.09 Å². The maximum absolute atomic E-state index is 12.7. The molecule has 1 aliphatic heterocycles. The second-order valence-electron chi connectivity index (χ2n) is 9.92. The van der Waals surface area contributed by atoms with Gasteiger partial charge < -0.3 is 9.47 Å². The van der Waals surface area contributed by atoms with Crippen LogP contribution in [0, 0.1) is 5.41 Å². The lowest BCUT2D eigenvalue weighted by Crippen LogP contribution is -2.38. The third kappa shape index (κ3) is 11.0. The largest absolute Gasteiger partial charge is 0.448 e. The molecule has 6 heteroatoms. The molecule has 0 bridgehead atoms. The van der Waals surface area contributed by atoms with Gasteiger partial charge in [-0.15, -0.1) is 0 Å². The van der Waals surface area contributed by atoms with Crippen LogP contribution in [-0.2, 0) is 20.8 Å². The number of rotatable bonds is 17. The first-order chi connectivity index (χ1) is 16.6. The Kier molecular flexibility index (Phi) is 13.8. The standard InChI is InChI=1S/C28H46N2O4/c1-3-4-5-6-7-8-9-10-11-12-13-15-18-28(19-21-33-23-28)24-34-27(32)30(25(2)31)22-26-17-14-16-20-29-26/h14,16-17,20H,3-13,15,18-19,21-24H2,1-2H3. The van der Waals surface area contributed by atoms with Crippen LogP contribution in [0.3, 0.4) is 0 Å². The van der Waals surface area contributed by atoms with E-state index >= 15 is 0 Å². The summed E-state index contributed by atoms with van der Waals surface area (Å²) in [5, 5.41) is 0. The average Bonchev–Trinajstić information content (AvgIpc) is 3.31. The summed E-state index contributed by atoms with van der Waals surface area (Å²) in [5.41, 5.74) is 0.534. The number of nitrogens with zero attached hydrogens (tertiary/aromatic N) is 2. The Balaban J connectivity index is 1.64. The van der Waals surface area contributed by atoms with Crippen molar-refractivity contribution in [2.45, 2.75) is 110 Å². The highest BCUT2D eigenvalue weighted by atomic mass is 16.6. The first-order valence-corrected chi connectivity index (χ1v) is 13.5. The Morgan fingerprint density at radius 3 is 2.18 bits per heavy atom. The van der Waals surface area contributed by atoms with Crippen LogP contribution in [0.5, 0.6) is 0 Å². The number of pyridine rings is 1. The SMILES string of the molecule is CCCCCCCCCCCCCCC1(COC(=O)N(Cc2ccccn2)C(C)=O)CCOC1. The van der Waals surface area contributed by atoms with Crippen molar-refractivity contribution in [3.8, 4) is 0 Å². The highest BCUT2D eigenvalue weighted by Gasteiger charge is 2.36. The van der Waals surface area contributed by atoms with E-state index in [-0.39, 0.29) is 17.9 Å². The van der Waals surface area contributed by atoms with Gasteiger partial charge in [-0.1, -0.05) is 90.0 Å². The molecule has 2 amide bonds. The number of amides is 2. The van der Waals surface area contributed by atoms with E-state index in [2.05, 4.69) is 11.9 Å². The number of carbonyl (C=O) groups excluding carboxylic acids is 2. The molecule has 1 saturated heterocycles. The van der Waals surface area contributed by atoms with E-state index in [9.17, 15) is 9.59 Å². The van der Waals surface area contributed by atoms with E-state index in [0.29, 0.717) is 25.5 Å². The molecular weight excluding hydrogens is 428 g/mol. The average molecular weight is 475 g/mol. The van der Waals surface area contributed by atoms with Crippen molar-refractivity contribution in [2.24, 2.45) is 5.41 Å². The summed E-state index contributed by atoms with van der Waals surface area (Å²) < 4.78 is 11.3. The lowest BCUT2D eigenvalue weighted by Gasteiger charge is -2.28. The molecule has 0 aromatic carbocycles. The molecule has 0 spiro atoms. The number of carbonyl (C=O) groups is 2. The van der Waals surface area contributed by atoms with Gasteiger partial charge >= 0.3 is 6.09 Å². The maximum atomic E-state index is 12.7. The summed E-state index contributed by atoms with van der Waals surface area (Å²) in [5.74, 6) is -0.340. The lowest BCUT2D eigenvalue weighted by atomic mass is 9.82. The molecule has 6 nitrogen and oxygen atoms in total. The molecule has 1 unspecified atom stereocenters. The second kappa shape index (κ2) is 16.6. The molecule has 2 rings (SSSR count). The summed E-state index contributed by atoms with van der Waals surface area (Å²) in [7, 11) is 0. The molecule has 1 atom stereocenters. The van der Waals surface area contributed by atoms with Gasteiger partial charge in [0.05, 0.1) is 18.8 Å². The first-order valence-electron chi connectivity index (χ1n) is 13.5. The van der Waals surface area contributed by atoms with Crippen LogP contribution >= 0.6 is 0 Å². The van der Waals surface area contributed by atoms with Gasteiger partial charge in [0.1, 0.15) is 6.61 Å². The van der Waals surface area contributed by atoms with Crippen molar-refractivity contribution in [3.63, 3.8) is 0 Å². The van der Waals surface area contributed by atoms with Crippen molar-refractivity contribution in [1.82, 2.24) is 9.88 Å². The minimum Gasteiger partial charge on any atom is -0.448 e. The Hall–Kier alpha value is -1.95.